The third kappa shape index (κ3) is 6.04. The van der Waals surface area contributed by atoms with Crippen molar-refractivity contribution in [3.63, 3.8) is 0 Å². The Balaban J connectivity index is 1.24. The number of rotatable bonds is 10. The van der Waals surface area contributed by atoms with Crippen LogP contribution >= 0.6 is 11.6 Å². The summed E-state index contributed by atoms with van der Waals surface area (Å²) in [5.41, 5.74) is 1.89. The summed E-state index contributed by atoms with van der Waals surface area (Å²) >= 11 is 6.53. The Morgan fingerprint density at radius 1 is 0.952 bits per heavy atom. The van der Waals surface area contributed by atoms with Gasteiger partial charge >= 0.3 is 0 Å². The third-order valence-electron chi connectivity index (χ3n) is 7.15. The van der Waals surface area contributed by atoms with E-state index in [-0.39, 0.29) is 0 Å². The average molecular weight is 590 g/mol. The van der Waals surface area contributed by atoms with Gasteiger partial charge < -0.3 is 34.0 Å². The molecule has 1 saturated heterocycles. The molecule has 0 atom stereocenters. The fraction of sp³-hybridized carbons (Fsp3) is 0.310. The number of anilines is 2. The van der Waals surface area contributed by atoms with Crippen LogP contribution in [0.2, 0.25) is 5.02 Å². The highest BCUT2D eigenvalue weighted by molar-refractivity contribution is 6.32. The lowest BCUT2D eigenvalue weighted by molar-refractivity contribution is 0.203. The van der Waals surface area contributed by atoms with Gasteiger partial charge in [0, 0.05) is 56.8 Å². The SMILES string of the molecule is COc1cc(Cl)c(Oc2cc(NCc3nc4ccccc4[nH]3)nc(N3CCN(Cn4ccnc4C)CC3)n2)cc1OC. The van der Waals surface area contributed by atoms with E-state index in [0.29, 0.717) is 46.5 Å². The summed E-state index contributed by atoms with van der Waals surface area (Å²) < 4.78 is 19.1. The van der Waals surface area contributed by atoms with Crippen LogP contribution in [0.5, 0.6) is 23.1 Å². The van der Waals surface area contributed by atoms with E-state index >= 15 is 0 Å². The van der Waals surface area contributed by atoms with Crippen LogP contribution in [-0.2, 0) is 13.2 Å². The van der Waals surface area contributed by atoms with E-state index in [0.717, 1.165) is 55.5 Å². The maximum Gasteiger partial charge on any atom is 0.230 e. The normalized spacial score (nSPS) is 13.9. The number of halogens is 1. The minimum Gasteiger partial charge on any atom is -0.493 e. The number of nitrogens with zero attached hydrogens (tertiary/aromatic N) is 7. The molecule has 0 unspecified atom stereocenters. The van der Waals surface area contributed by atoms with Crippen molar-refractivity contribution in [1.82, 2.24) is 34.4 Å². The lowest BCUT2D eigenvalue weighted by atomic mass is 10.3. The molecule has 1 aliphatic heterocycles. The molecule has 13 heteroatoms. The van der Waals surface area contributed by atoms with E-state index in [1.807, 2.05) is 43.6 Å². The van der Waals surface area contributed by atoms with Gasteiger partial charge in [0.2, 0.25) is 11.8 Å². The standard InChI is InChI=1S/C29H32ClN9O3/c1-19-31-8-9-39(19)18-37-10-12-38(13-11-37)29-35-26(32-17-27-33-21-6-4-5-7-22(21)34-27)16-28(36-29)42-23-15-25(41-3)24(40-2)14-20(23)30/h4-9,14-16H,10-13,17-18H2,1-3H3,(H,33,34)(H,32,35,36). The van der Waals surface area contributed by atoms with Gasteiger partial charge in [-0.2, -0.15) is 9.97 Å². The van der Waals surface area contributed by atoms with Gasteiger partial charge in [0.15, 0.2) is 17.2 Å². The highest BCUT2D eigenvalue weighted by Crippen LogP contribution is 2.39. The molecule has 218 valence electrons. The molecule has 5 aromatic rings. The number of benzene rings is 2. The highest BCUT2D eigenvalue weighted by Gasteiger charge is 2.22. The molecule has 3 aromatic heterocycles. The van der Waals surface area contributed by atoms with Gasteiger partial charge in [0.05, 0.1) is 43.5 Å². The molecule has 6 rings (SSSR count). The molecule has 0 saturated carbocycles. The first-order valence-electron chi connectivity index (χ1n) is 13.6. The molecule has 12 nitrogen and oxygen atoms in total. The predicted molar refractivity (Wildman–Crippen MR) is 161 cm³/mol. The van der Waals surface area contributed by atoms with E-state index in [1.165, 1.54) is 0 Å². The van der Waals surface area contributed by atoms with E-state index in [4.69, 9.17) is 35.8 Å². The molecule has 1 aliphatic rings. The Hall–Kier alpha value is -4.55. The quantitative estimate of drug-likeness (QED) is 0.237. The molecule has 0 spiro atoms. The van der Waals surface area contributed by atoms with Crippen LogP contribution in [0.1, 0.15) is 11.6 Å². The van der Waals surface area contributed by atoms with Gasteiger partial charge in [0.25, 0.3) is 0 Å². The van der Waals surface area contributed by atoms with Gasteiger partial charge in [-0.15, -0.1) is 0 Å². The summed E-state index contributed by atoms with van der Waals surface area (Å²) in [7, 11) is 3.12. The minimum atomic E-state index is 0.345. The summed E-state index contributed by atoms with van der Waals surface area (Å²) in [6, 6.07) is 13.0. The van der Waals surface area contributed by atoms with Crippen molar-refractivity contribution in [2.45, 2.75) is 20.1 Å². The number of aryl methyl sites for hydroxylation is 1. The van der Waals surface area contributed by atoms with Crippen molar-refractivity contribution < 1.29 is 14.2 Å². The first-order chi connectivity index (χ1) is 20.5. The van der Waals surface area contributed by atoms with Gasteiger partial charge in [-0.3, -0.25) is 4.90 Å². The number of nitrogens with one attached hydrogen (secondary N) is 2. The van der Waals surface area contributed by atoms with E-state index in [1.54, 1.807) is 32.4 Å². The van der Waals surface area contributed by atoms with Crippen molar-refractivity contribution in [2.24, 2.45) is 0 Å². The van der Waals surface area contributed by atoms with Crippen LogP contribution in [0.15, 0.2) is 54.9 Å². The lowest BCUT2D eigenvalue weighted by Crippen LogP contribution is -2.47. The number of hydrogen-bond donors (Lipinski definition) is 2. The van der Waals surface area contributed by atoms with Gasteiger partial charge in [-0.05, 0) is 19.1 Å². The topological polar surface area (TPSA) is 118 Å². The number of para-hydroxylation sites is 2. The number of aromatic amines is 1. The number of methoxy groups -OCH3 is 2. The Kier molecular flexibility index (Phi) is 7.97. The second-order valence-corrected chi connectivity index (χ2v) is 10.3. The van der Waals surface area contributed by atoms with Gasteiger partial charge in [0.1, 0.15) is 17.5 Å². The third-order valence-corrected chi connectivity index (χ3v) is 7.45. The maximum absolute atomic E-state index is 6.53. The van der Waals surface area contributed by atoms with E-state index in [9.17, 15) is 0 Å². The monoisotopic (exact) mass is 589 g/mol. The molecule has 1 fully saturated rings. The molecule has 0 bridgehead atoms. The second kappa shape index (κ2) is 12.1. The number of ether oxygens (including phenoxy) is 3. The number of hydrogen-bond acceptors (Lipinski definition) is 10. The molecule has 42 heavy (non-hydrogen) atoms. The van der Waals surface area contributed by atoms with Crippen molar-refractivity contribution in [3.8, 4) is 23.1 Å². The molecule has 4 heterocycles. The Morgan fingerprint density at radius 3 is 2.48 bits per heavy atom. The molecular formula is C29H32ClN9O3. The fourth-order valence-corrected chi connectivity index (χ4v) is 5.04. The van der Waals surface area contributed by atoms with E-state index < -0.39 is 0 Å². The second-order valence-electron chi connectivity index (χ2n) is 9.88. The molecule has 2 aromatic carbocycles. The summed E-state index contributed by atoms with van der Waals surface area (Å²) in [5.74, 6) is 4.71. The number of H-pyrrole nitrogens is 1. The zero-order valence-corrected chi connectivity index (χ0v) is 24.4. The summed E-state index contributed by atoms with van der Waals surface area (Å²) in [5, 5.41) is 3.75. The first-order valence-corrected chi connectivity index (χ1v) is 14.0. The van der Waals surface area contributed by atoms with Crippen LogP contribution in [-0.4, -0.2) is 74.8 Å². The molecule has 0 amide bonds. The predicted octanol–water partition coefficient (Wildman–Crippen LogP) is 4.71. The Labute approximate surface area is 248 Å². The first kappa shape index (κ1) is 27.6. The van der Waals surface area contributed by atoms with Gasteiger partial charge in [-0.1, -0.05) is 23.7 Å². The smallest absolute Gasteiger partial charge is 0.230 e. The number of fused-ring (bicyclic) bond motifs is 1. The minimum absolute atomic E-state index is 0.345. The zero-order valence-electron chi connectivity index (χ0n) is 23.7. The maximum atomic E-state index is 6.53. The molecule has 0 aliphatic carbocycles. The molecule has 2 N–H and O–H groups in total. The van der Waals surface area contributed by atoms with Crippen LogP contribution in [0, 0.1) is 6.92 Å². The van der Waals surface area contributed by atoms with E-state index in [2.05, 4.69) is 34.6 Å². The van der Waals surface area contributed by atoms with Crippen LogP contribution < -0.4 is 24.4 Å². The summed E-state index contributed by atoms with van der Waals surface area (Å²) in [6.45, 7) is 6.49. The molecule has 0 radical (unpaired) electrons. The van der Waals surface area contributed by atoms with Gasteiger partial charge in [-0.25, -0.2) is 9.97 Å². The number of imidazole rings is 2. The average Bonchev–Trinajstić information content (AvgIpc) is 3.62. The summed E-state index contributed by atoms with van der Waals surface area (Å²) in [6.07, 6.45) is 3.83. The Morgan fingerprint density at radius 2 is 1.74 bits per heavy atom. The number of aromatic nitrogens is 6. The van der Waals surface area contributed by atoms with Crippen molar-refractivity contribution >= 4 is 34.4 Å². The van der Waals surface area contributed by atoms with Crippen LogP contribution in [0.3, 0.4) is 0 Å². The van der Waals surface area contributed by atoms with Crippen LogP contribution in [0.25, 0.3) is 11.0 Å². The fourth-order valence-electron chi connectivity index (χ4n) is 4.85. The van der Waals surface area contributed by atoms with Crippen molar-refractivity contribution in [2.75, 3.05) is 50.6 Å². The van der Waals surface area contributed by atoms with Crippen molar-refractivity contribution in [1.29, 1.82) is 0 Å². The number of piperazine rings is 1. The highest BCUT2D eigenvalue weighted by atomic mass is 35.5. The zero-order chi connectivity index (χ0) is 29.1. The summed E-state index contributed by atoms with van der Waals surface area (Å²) in [4.78, 5) is 26.5. The van der Waals surface area contributed by atoms with Crippen LogP contribution in [0.4, 0.5) is 11.8 Å². The Bertz CT molecular complexity index is 1650. The molecular weight excluding hydrogens is 558 g/mol. The largest absolute Gasteiger partial charge is 0.493 e. The lowest BCUT2D eigenvalue weighted by Gasteiger charge is -2.35. The van der Waals surface area contributed by atoms with Crippen molar-refractivity contribution in [3.05, 3.63) is 71.5 Å².